The second kappa shape index (κ2) is 8.18. The molecule has 0 aliphatic rings. The molecule has 2 rings (SSSR count). The molecule has 0 spiro atoms. The lowest BCUT2D eigenvalue weighted by Crippen LogP contribution is -2.24. The number of carbonyl (C=O) groups is 2. The first-order chi connectivity index (χ1) is 11.0. The van der Waals surface area contributed by atoms with Crippen molar-refractivity contribution in [1.82, 2.24) is 0 Å². The fourth-order valence-corrected chi connectivity index (χ4v) is 3.12. The highest BCUT2D eigenvalue weighted by molar-refractivity contribution is 8.00. The van der Waals surface area contributed by atoms with Gasteiger partial charge >= 0.3 is 0 Å². The Balaban J connectivity index is 2.06. The minimum absolute atomic E-state index is 0.0244. The average Bonchev–Trinajstić information content (AvgIpc) is 2.54. The summed E-state index contributed by atoms with van der Waals surface area (Å²) in [6.07, 6.45) is 0.700. The third-order valence-corrected chi connectivity index (χ3v) is 4.92. The summed E-state index contributed by atoms with van der Waals surface area (Å²) in [4.78, 5) is 24.9. The first-order valence-corrected chi connectivity index (χ1v) is 8.59. The molecular formula is C18H18ClNO2S. The summed E-state index contributed by atoms with van der Waals surface area (Å²) < 4.78 is 0. The Kier molecular flexibility index (Phi) is 6.25. The van der Waals surface area contributed by atoms with Crippen LogP contribution in [0, 0.1) is 0 Å². The van der Waals surface area contributed by atoms with Gasteiger partial charge < -0.3 is 5.32 Å². The van der Waals surface area contributed by atoms with Gasteiger partial charge in [-0.3, -0.25) is 9.59 Å². The molecule has 0 radical (unpaired) electrons. The van der Waals surface area contributed by atoms with Crippen LogP contribution in [0.3, 0.4) is 0 Å². The Labute approximate surface area is 145 Å². The van der Waals surface area contributed by atoms with E-state index < -0.39 is 0 Å². The fourth-order valence-electron chi connectivity index (χ4n) is 2.04. The van der Waals surface area contributed by atoms with Crippen LogP contribution in [-0.4, -0.2) is 16.9 Å². The Morgan fingerprint density at radius 3 is 2.48 bits per heavy atom. The summed E-state index contributed by atoms with van der Waals surface area (Å²) in [6, 6.07) is 14.4. The Bertz CT molecular complexity index is 700. The number of thioether (sulfide) groups is 1. The van der Waals surface area contributed by atoms with E-state index in [1.807, 2.05) is 31.2 Å². The number of Topliss-reactive ketones (excluding diaryl/α,β-unsaturated/α-hetero) is 1. The molecule has 0 unspecified atom stereocenters. The number of halogens is 1. The molecule has 0 saturated carbocycles. The molecule has 0 bridgehead atoms. The van der Waals surface area contributed by atoms with Gasteiger partial charge in [0.15, 0.2) is 5.78 Å². The lowest BCUT2D eigenvalue weighted by molar-refractivity contribution is -0.115. The normalized spacial score (nSPS) is 11.8. The zero-order valence-corrected chi connectivity index (χ0v) is 14.6. The number of benzene rings is 2. The molecule has 1 atom stereocenters. The minimum atomic E-state index is -0.211. The van der Waals surface area contributed by atoms with Crippen LogP contribution in [0.4, 0.5) is 5.69 Å². The maximum Gasteiger partial charge on any atom is 0.237 e. The fraction of sp³-hybridized carbons (Fsp3) is 0.222. The van der Waals surface area contributed by atoms with Crippen molar-refractivity contribution in [3.63, 3.8) is 0 Å². The SMILES string of the molecule is CC[C@H](Sc1ccc(Cl)cc1)C(=O)Nc1cccc(C(C)=O)c1. The van der Waals surface area contributed by atoms with E-state index in [0.717, 1.165) is 4.90 Å². The summed E-state index contributed by atoms with van der Waals surface area (Å²) in [5.41, 5.74) is 1.22. The minimum Gasteiger partial charge on any atom is -0.325 e. The number of nitrogens with one attached hydrogen (secondary N) is 1. The van der Waals surface area contributed by atoms with E-state index in [1.165, 1.54) is 18.7 Å². The van der Waals surface area contributed by atoms with Gasteiger partial charge in [0, 0.05) is 21.2 Å². The second-order valence-electron chi connectivity index (χ2n) is 5.09. The van der Waals surface area contributed by atoms with Crippen molar-refractivity contribution in [2.45, 2.75) is 30.4 Å². The highest BCUT2D eigenvalue weighted by atomic mass is 35.5. The van der Waals surface area contributed by atoms with Gasteiger partial charge in [-0.1, -0.05) is 30.7 Å². The highest BCUT2D eigenvalue weighted by Crippen LogP contribution is 2.27. The quantitative estimate of drug-likeness (QED) is 0.587. The van der Waals surface area contributed by atoms with Crippen molar-refractivity contribution >= 4 is 40.7 Å². The molecule has 0 aromatic heterocycles. The van der Waals surface area contributed by atoms with Crippen molar-refractivity contribution in [1.29, 1.82) is 0 Å². The van der Waals surface area contributed by atoms with Gasteiger partial charge in [-0.25, -0.2) is 0 Å². The number of amides is 1. The average molecular weight is 348 g/mol. The van der Waals surface area contributed by atoms with Gasteiger partial charge in [0.05, 0.1) is 5.25 Å². The number of anilines is 1. The van der Waals surface area contributed by atoms with Crippen molar-refractivity contribution in [3.8, 4) is 0 Å². The standard InChI is InChI=1S/C18H18ClNO2S/c1-3-17(23-16-9-7-14(19)8-10-16)18(22)20-15-6-4-5-13(11-15)12(2)21/h4-11,17H,3H2,1-2H3,(H,20,22)/t17-/m0/s1. The zero-order valence-electron chi connectivity index (χ0n) is 13.0. The highest BCUT2D eigenvalue weighted by Gasteiger charge is 2.18. The molecule has 5 heteroatoms. The molecule has 0 fully saturated rings. The predicted molar refractivity (Wildman–Crippen MR) is 96.5 cm³/mol. The first kappa shape index (κ1) is 17.6. The molecule has 23 heavy (non-hydrogen) atoms. The van der Waals surface area contributed by atoms with Crippen LogP contribution in [0.5, 0.6) is 0 Å². The van der Waals surface area contributed by atoms with Gasteiger partial charge in [0.25, 0.3) is 0 Å². The number of carbonyl (C=O) groups excluding carboxylic acids is 2. The van der Waals surface area contributed by atoms with Crippen molar-refractivity contribution < 1.29 is 9.59 Å². The molecule has 120 valence electrons. The Morgan fingerprint density at radius 2 is 1.87 bits per heavy atom. The maximum atomic E-state index is 12.5. The summed E-state index contributed by atoms with van der Waals surface area (Å²) in [5.74, 6) is -0.100. The molecule has 0 aliphatic carbocycles. The monoisotopic (exact) mass is 347 g/mol. The molecule has 2 aromatic rings. The van der Waals surface area contributed by atoms with Gasteiger partial charge in [-0.05, 0) is 49.7 Å². The van der Waals surface area contributed by atoms with Gasteiger partial charge in [0.1, 0.15) is 0 Å². The third-order valence-electron chi connectivity index (χ3n) is 3.29. The Morgan fingerprint density at radius 1 is 1.17 bits per heavy atom. The lowest BCUT2D eigenvalue weighted by Gasteiger charge is -2.15. The lowest BCUT2D eigenvalue weighted by atomic mass is 10.1. The van der Waals surface area contributed by atoms with E-state index in [0.29, 0.717) is 22.7 Å². The Hall–Kier alpha value is -1.78. The molecule has 1 amide bonds. The molecule has 2 aromatic carbocycles. The van der Waals surface area contributed by atoms with Crippen molar-refractivity contribution in [3.05, 3.63) is 59.1 Å². The van der Waals surface area contributed by atoms with Crippen LogP contribution in [0.25, 0.3) is 0 Å². The third kappa shape index (κ3) is 5.12. The predicted octanol–water partition coefficient (Wildman–Crippen LogP) is 5.05. The molecule has 3 nitrogen and oxygen atoms in total. The topological polar surface area (TPSA) is 46.2 Å². The van der Waals surface area contributed by atoms with Crippen LogP contribution in [-0.2, 0) is 4.79 Å². The molecule has 1 N–H and O–H groups in total. The van der Waals surface area contributed by atoms with Crippen molar-refractivity contribution in [2.24, 2.45) is 0 Å². The van der Waals surface area contributed by atoms with Crippen LogP contribution in [0.2, 0.25) is 5.02 Å². The van der Waals surface area contributed by atoms with E-state index in [4.69, 9.17) is 11.6 Å². The largest absolute Gasteiger partial charge is 0.325 e. The molecule has 0 saturated heterocycles. The number of rotatable bonds is 6. The maximum absolute atomic E-state index is 12.5. The summed E-state index contributed by atoms with van der Waals surface area (Å²) in [5, 5.41) is 3.34. The van der Waals surface area contributed by atoms with Crippen LogP contribution in [0.1, 0.15) is 30.6 Å². The number of ketones is 1. The van der Waals surface area contributed by atoms with E-state index in [2.05, 4.69) is 5.32 Å². The number of hydrogen-bond donors (Lipinski definition) is 1. The summed E-state index contributed by atoms with van der Waals surface area (Å²) in [7, 11) is 0. The first-order valence-electron chi connectivity index (χ1n) is 7.33. The summed E-state index contributed by atoms with van der Waals surface area (Å²) in [6.45, 7) is 3.48. The van der Waals surface area contributed by atoms with Gasteiger partial charge in [0.2, 0.25) is 5.91 Å². The van der Waals surface area contributed by atoms with Gasteiger partial charge in [-0.2, -0.15) is 0 Å². The van der Waals surface area contributed by atoms with E-state index in [1.54, 1.807) is 24.3 Å². The van der Waals surface area contributed by atoms with E-state index in [-0.39, 0.29) is 16.9 Å². The summed E-state index contributed by atoms with van der Waals surface area (Å²) >= 11 is 7.37. The van der Waals surface area contributed by atoms with E-state index >= 15 is 0 Å². The second-order valence-corrected chi connectivity index (χ2v) is 6.81. The smallest absolute Gasteiger partial charge is 0.237 e. The molecule has 0 aliphatic heterocycles. The zero-order chi connectivity index (χ0) is 16.8. The molecular weight excluding hydrogens is 330 g/mol. The van der Waals surface area contributed by atoms with E-state index in [9.17, 15) is 9.59 Å². The van der Waals surface area contributed by atoms with Crippen LogP contribution < -0.4 is 5.32 Å². The number of hydrogen-bond acceptors (Lipinski definition) is 3. The van der Waals surface area contributed by atoms with Crippen molar-refractivity contribution in [2.75, 3.05) is 5.32 Å². The van der Waals surface area contributed by atoms with Gasteiger partial charge in [-0.15, -0.1) is 11.8 Å². The molecule has 0 heterocycles. The van der Waals surface area contributed by atoms with Crippen LogP contribution >= 0.6 is 23.4 Å². The van der Waals surface area contributed by atoms with Crippen LogP contribution in [0.15, 0.2) is 53.4 Å².